The Morgan fingerprint density at radius 2 is 1.75 bits per heavy atom. The number of ether oxygens (including phenoxy) is 4. The molecule has 0 aliphatic carbocycles. The molecule has 0 N–H and O–H groups in total. The summed E-state index contributed by atoms with van der Waals surface area (Å²) in [6.45, 7) is -0.829. The molecule has 0 spiro atoms. The molecule has 0 amide bonds. The van der Waals surface area contributed by atoms with Crippen LogP contribution in [0.2, 0.25) is 0 Å². The second-order valence-electron chi connectivity index (χ2n) is 5.35. The third kappa shape index (κ3) is 4.67. The molecule has 1 aromatic rings. The highest BCUT2D eigenvalue weighted by molar-refractivity contribution is 6.05. The zero-order chi connectivity index (χ0) is 20.7. The number of benzene rings is 1. The lowest BCUT2D eigenvalue weighted by molar-refractivity contribution is -0.139. The SMILES string of the molecule is COC(=O)C1=C(C(=O)OC)N(c2ccc(OC)c(OCC(F)F)c2)C=CC=C1. The minimum atomic E-state index is -2.67. The van der Waals surface area contributed by atoms with Gasteiger partial charge < -0.3 is 23.8 Å². The van der Waals surface area contributed by atoms with Crippen molar-refractivity contribution >= 4 is 17.6 Å². The van der Waals surface area contributed by atoms with Gasteiger partial charge in [-0.3, -0.25) is 0 Å². The van der Waals surface area contributed by atoms with E-state index in [4.69, 9.17) is 18.9 Å². The molecule has 0 atom stereocenters. The smallest absolute Gasteiger partial charge is 0.355 e. The van der Waals surface area contributed by atoms with Crippen LogP contribution in [0, 0.1) is 0 Å². The minimum Gasteiger partial charge on any atom is -0.493 e. The lowest BCUT2D eigenvalue weighted by atomic mass is 10.1. The van der Waals surface area contributed by atoms with Gasteiger partial charge in [0.25, 0.3) is 6.43 Å². The summed E-state index contributed by atoms with van der Waals surface area (Å²) in [6.07, 6.45) is 3.38. The molecule has 0 aromatic heterocycles. The maximum Gasteiger partial charge on any atom is 0.355 e. The second-order valence-corrected chi connectivity index (χ2v) is 5.35. The first-order valence-electron chi connectivity index (χ1n) is 8.06. The summed E-state index contributed by atoms with van der Waals surface area (Å²) in [5, 5.41) is 0. The van der Waals surface area contributed by atoms with Gasteiger partial charge in [-0.2, -0.15) is 0 Å². The van der Waals surface area contributed by atoms with E-state index in [1.807, 2.05) is 0 Å². The van der Waals surface area contributed by atoms with Crippen LogP contribution < -0.4 is 14.4 Å². The first-order chi connectivity index (χ1) is 13.4. The third-order valence-electron chi connectivity index (χ3n) is 3.68. The Hall–Kier alpha value is -3.36. The van der Waals surface area contributed by atoms with E-state index in [0.717, 1.165) is 0 Å². The van der Waals surface area contributed by atoms with Gasteiger partial charge in [-0.25, -0.2) is 18.4 Å². The Morgan fingerprint density at radius 1 is 1.04 bits per heavy atom. The Morgan fingerprint density at radius 3 is 2.36 bits per heavy atom. The molecule has 150 valence electrons. The predicted octanol–water partition coefficient (Wildman–Crippen LogP) is 2.83. The lowest BCUT2D eigenvalue weighted by Gasteiger charge is -2.24. The van der Waals surface area contributed by atoms with Crippen molar-refractivity contribution in [2.24, 2.45) is 0 Å². The van der Waals surface area contributed by atoms with Gasteiger partial charge in [0.2, 0.25) is 0 Å². The zero-order valence-corrected chi connectivity index (χ0v) is 15.5. The monoisotopic (exact) mass is 395 g/mol. The fraction of sp³-hybridized carbons (Fsp3) is 0.263. The summed E-state index contributed by atoms with van der Waals surface area (Å²) in [7, 11) is 3.73. The summed E-state index contributed by atoms with van der Waals surface area (Å²) in [4.78, 5) is 25.9. The number of anilines is 1. The molecule has 1 aliphatic heterocycles. The number of allylic oxidation sites excluding steroid dienone is 2. The maximum absolute atomic E-state index is 12.5. The van der Waals surface area contributed by atoms with Crippen molar-refractivity contribution in [2.75, 3.05) is 32.8 Å². The van der Waals surface area contributed by atoms with E-state index in [9.17, 15) is 18.4 Å². The summed E-state index contributed by atoms with van der Waals surface area (Å²) in [5.74, 6) is -1.25. The molecule has 0 saturated heterocycles. The number of nitrogens with zero attached hydrogens (tertiary/aromatic N) is 1. The van der Waals surface area contributed by atoms with E-state index >= 15 is 0 Å². The molecule has 0 fully saturated rings. The van der Waals surface area contributed by atoms with Crippen LogP contribution in [-0.4, -0.2) is 46.3 Å². The van der Waals surface area contributed by atoms with Crippen molar-refractivity contribution in [3.8, 4) is 11.5 Å². The van der Waals surface area contributed by atoms with Crippen molar-refractivity contribution in [1.29, 1.82) is 0 Å². The van der Waals surface area contributed by atoms with Crippen molar-refractivity contribution in [1.82, 2.24) is 0 Å². The van der Waals surface area contributed by atoms with Crippen LogP contribution in [0.25, 0.3) is 0 Å². The number of alkyl halides is 2. The van der Waals surface area contributed by atoms with E-state index < -0.39 is 25.0 Å². The van der Waals surface area contributed by atoms with Gasteiger partial charge in [0, 0.05) is 18.0 Å². The highest BCUT2D eigenvalue weighted by Crippen LogP contribution is 2.35. The number of esters is 2. The Balaban J connectivity index is 2.58. The van der Waals surface area contributed by atoms with Crippen molar-refractivity contribution in [3.63, 3.8) is 0 Å². The topological polar surface area (TPSA) is 74.3 Å². The lowest BCUT2D eigenvalue weighted by Crippen LogP contribution is -2.27. The number of hydrogen-bond donors (Lipinski definition) is 0. The quantitative estimate of drug-likeness (QED) is 0.657. The number of carbonyl (C=O) groups excluding carboxylic acids is 2. The molecule has 1 aliphatic rings. The van der Waals surface area contributed by atoms with Gasteiger partial charge in [-0.15, -0.1) is 0 Å². The molecule has 1 aromatic carbocycles. The number of halogens is 2. The maximum atomic E-state index is 12.5. The summed E-state index contributed by atoms with van der Waals surface area (Å²) in [6, 6.07) is 4.48. The van der Waals surface area contributed by atoms with Crippen LogP contribution in [0.5, 0.6) is 11.5 Å². The van der Waals surface area contributed by atoms with Crippen molar-refractivity contribution in [3.05, 3.63) is 53.9 Å². The molecule has 0 bridgehead atoms. The fourth-order valence-electron chi connectivity index (χ4n) is 2.45. The predicted molar refractivity (Wildman–Crippen MR) is 96.3 cm³/mol. The fourth-order valence-corrected chi connectivity index (χ4v) is 2.45. The molecule has 0 saturated carbocycles. The average molecular weight is 395 g/mol. The molecule has 9 heteroatoms. The molecule has 0 radical (unpaired) electrons. The number of methoxy groups -OCH3 is 3. The zero-order valence-electron chi connectivity index (χ0n) is 15.5. The van der Waals surface area contributed by atoms with Crippen LogP contribution in [0.4, 0.5) is 14.5 Å². The molecule has 7 nitrogen and oxygen atoms in total. The first-order valence-corrected chi connectivity index (χ1v) is 8.06. The standard InChI is InChI=1S/C19H19F2NO6/c1-25-14-8-7-12(10-15(14)28-11-16(20)21)22-9-5-4-6-13(18(23)26-2)17(22)19(24)27-3/h4-10,16H,11H2,1-3H3. The highest BCUT2D eigenvalue weighted by atomic mass is 19.3. The largest absolute Gasteiger partial charge is 0.493 e. The normalized spacial score (nSPS) is 13.4. The minimum absolute atomic E-state index is 0.0368. The van der Waals surface area contributed by atoms with E-state index in [-0.39, 0.29) is 22.8 Å². The Kier molecular flexibility index (Phi) is 7.14. The van der Waals surface area contributed by atoms with Crippen LogP contribution in [0.15, 0.2) is 53.9 Å². The van der Waals surface area contributed by atoms with Gasteiger partial charge in [-0.1, -0.05) is 6.08 Å². The van der Waals surface area contributed by atoms with Crippen LogP contribution >= 0.6 is 0 Å². The van der Waals surface area contributed by atoms with Crippen molar-refractivity contribution in [2.45, 2.75) is 6.43 Å². The average Bonchev–Trinajstić information content (AvgIpc) is 2.93. The van der Waals surface area contributed by atoms with Gasteiger partial charge in [0.15, 0.2) is 11.5 Å². The van der Waals surface area contributed by atoms with Gasteiger partial charge >= 0.3 is 11.9 Å². The van der Waals surface area contributed by atoms with Gasteiger partial charge in [0.05, 0.1) is 26.9 Å². The van der Waals surface area contributed by atoms with E-state index in [0.29, 0.717) is 5.69 Å². The molecule has 2 rings (SSSR count). The van der Waals surface area contributed by atoms with Crippen molar-refractivity contribution < 1.29 is 37.3 Å². The van der Waals surface area contributed by atoms with Gasteiger partial charge in [-0.05, 0) is 24.3 Å². The number of rotatable bonds is 7. The molecule has 28 heavy (non-hydrogen) atoms. The van der Waals surface area contributed by atoms with E-state index in [1.54, 1.807) is 18.2 Å². The summed E-state index contributed by atoms with van der Waals surface area (Å²) < 4.78 is 44.9. The van der Waals surface area contributed by atoms with Crippen LogP contribution in [0.3, 0.4) is 0 Å². The molecule has 0 unspecified atom stereocenters. The van der Waals surface area contributed by atoms with Crippen LogP contribution in [-0.2, 0) is 19.1 Å². The second kappa shape index (κ2) is 9.54. The Bertz CT molecular complexity index is 832. The Labute approximate surface area is 160 Å². The van der Waals surface area contributed by atoms with Crippen LogP contribution in [0.1, 0.15) is 0 Å². The number of hydrogen-bond acceptors (Lipinski definition) is 7. The molecular formula is C19H19F2NO6. The highest BCUT2D eigenvalue weighted by Gasteiger charge is 2.28. The van der Waals surface area contributed by atoms with E-state index in [1.165, 1.54) is 50.6 Å². The third-order valence-corrected chi connectivity index (χ3v) is 3.68. The first kappa shape index (κ1) is 20.9. The summed E-state index contributed by atoms with van der Waals surface area (Å²) >= 11 is 0. The summed E-state index contributed by atoms with van der Waals surface area (Å²) in [5.41, 5.74) is 0.210. The van der Waals surface area contributed by atoms with Gasteiger partial charge in [0.1, 0.15) is 12.3 Å². The van der Waals surface area contributed by atoms with E-state index in [2.05, 4.69) is 0 Å². The molecular weight excluding hydrogens is 376 g/mol. The number of carbonyl (C=O) groups is 2. The molecule has 1 heterocycles.